The summed E-state index contributed by atoms with van der Waals surface area (Å²) in [6.07, 6.45) is 3.19. The molecule has 1 aliphatic heterocycles. The van der Waals surface area contributed by atoms with Gasteiger partial charge in [0, 0.05) is 50.9 Å². The molecule has 194 valence electrons. The van der Waals surface area contributed by atoms with Gasteiger partial charge in [-0.2, -0.15) is 4.98 Å². The van der Waals surface area contributed by atoms with E-state index in [9.17, 15) is 9.59 Å². The standard InChI is InChI=1S/C27H33N7O2S/c1-18-16-19(2)29-25(28-18)37-15-14-34-22-23(31(3)27(36)32(4)24(22)35)30-26(34)33-12-10-21(11-13-33)17-20-8-6-5-7-9-20/h5-9,16,21H,10-15,17H2,1-4H3. The Morgan fingerprint density at radius 2 is 1.62 bits per heavy atom. The van der Waals surface area contributed by atoms with Crippen molar-refractivity contribution >= 4 is 28.9 Å². The predicted octanol–water partition coefficient (Wildman–Crippen LogP) is 3.09. The number of aromatic nitrogens is 6. The maximum absolute atomic E-state index is 13.2. The Balaban J connectivity index is 1.42. The van der Waals surface area contributed by atoms with Crippen LogP contribution in [0.5, 0.6) is 0 Å². The van der Waals surface area contributed by atoms with Crippen molar-refractivity contribution in [2.45, 2.75) is 44.8 Å². The van der Waals surface area contributed by atoms with Crippen molar-refractivity contribution in [1.82, 2.24) is 28.7 Å². The van der Waals surface area contributed by atoms with Crippen molar-refractivity contribution in [3.05, 3.63) is 74.2 Å². The SMILES string of the molecule is Cc1cc(C)nc(SCCn2c(N3CCC(Cc4ccccc4)CC3)nc3c2c(=O)n(C)c(=O)n3C)n1. The Morgan fingerprint density at radius 1 is 0.946 bits per heavy atom. The van der Waals surface area contributed by atoms with Crippen molar-refractivity contribution in [2.24, 2.45) is 20.0 Å². The molecule has 0 atom stereocenters. The number of imidazole rings is 1. The van der Waals surface area contributed by atoms with E-state index >= 15 is 0 Å². The summed E-state index contributed by atoms with van der Waals surface area (Å²) < 4.78 is 4.62. The first-order valence-corrected chi connectivity index (χ1v) is 13.7. The van der Waals surface area contributed by atoms with Crippen LogP contribution in [0.2, 0.25) is 0 Å². The largest absolute Gasteiger partial charge is 0.342 e. The van der Waals surface area contributed by atoms with Crippen LogP contribution in [0.3, 0.4) is 0 Å². The number of hydrogen-bond donors (Lipinski definition) is 0. The lowest BCUT2D eigenvalue weighted by Gasteiger charge is -2.33. The molecule has 0 aliphatic carbocycles. The number of anilines is 1. The third-order valence-corrected chi connectivity index (χ3v) is 7.93. The Bertz CT molecular complexity index is 1510. The van der Waals surface area contributed by atoms with Crippen LogP contribution in [-0.4, -0.2) is 47.5 Å². The van der Waals surface area contributed by atoms with E-state index in [4.69, 9.17) is 4.98 Å². The van der Waals surface area contributed by atoms with Crippen LogP contribution in [0.25, 0.3) is 11.2 Å². The molecule has 0 bridgehead atoms. The highest BCUT2D eigenvalue weighted by Gasteiger charge is 2.26. The lowest BCUT2D eigenvalue weighted by atomic mass is 9.90. The summed E-state index contributed by atoms with van der Waals surface area (Å²) >= 11 is 1.56. The van der Waals surface area contributed by atoms with E-state index < -0.39 is 0 Å². The van der Waals surface area contributed by atoms with Crippen LogP contribution in [0.15, 0.2) is 51.1 Å². The Labute approximate surface area is 220 Å². The van der Waals surface area contributed by atoms with Crippen molar-refractivity contribution in [3.8, 4) is 0 Å². The van der Waals surface area contributed by atoms with Gasteiger partial charge in [0.15, 0.2) is 16.3 Å². The zero-order valence-corrected chi connectivity index (χ0v) is 22.7. The van der Waals surface area contributed by atoms with Crippen molar-refractivity contribution < 1.29 is 0 Å². The molecule has 9 nitrogen and oxygen atoms in total. The lowest BCUT2D eigenvalue weighted by molar-refractivity contribution is 0.398. The highest BCUT2D eigenvalue weighted by molar-refractivity contribution is 7.99. The molecule has 0 spiro atoms. The van der Waals surface area contributed by atoms with Gasteiger partial charge in [-0.1, -0.05) is 42.1 Å². The minimum atomic E-state index is -0.367. The average Bonchev–Trinajstić information content (AvgIpc) is 3.26. The summed E-state index contributed by atoms with van der Waals surface area (Å²) in [5, 5.41) is 0.727. The molecule has 3 aromatic heterocycles. The van der Waals surface area contributed by atoms with Gasteiger partial charge in [0.2, 0.25) is 5.95 Å². The summed E-state index contributed by atoms with van der Waals surface area (Å²) in [6, 6.07) is 12.6. The van der Waals surface area contributed by atoms with Gasteiger partial charge in [0.05, 0.1) is 0 Å². The molecule has 0 N–H and O–H groups in total. The maximum atomic E-state index is 13.2. The fourth-order valence-electron chi connectivity index (χ4n) is 5.16. The highest BCUT2D eigenvalue weighted by atomic mass is 32.2. The normalized spacial score (nSPS) is 14.5. The third-order valence-electron chi connectivity index (χ3n) is 7.10. The molecule has 37 heavy (non-hydrogen) atoms. The van der Waals surface area contributed by atoms with Gasteiger partial charge in [-0.05, 0) is 50.7 Å². The van der Waals surface area contributed by atoms with E-state index in [2.05, 4.69) is 45.2 Å². The molecule has 4 heterocycles. The number of thioether (sulfide) groups is 1. The lowest BCUT2D eigenvalue weighted by Crippen LogP contribution is -2.38. The minimum Gasteiger partial charge on any atom is -0.342 e. The number of benzene rings is 1. The smallest absolute Gasteiger partial charge is 0.332 e. The zero-order valence-electron chi connectivity index (χ0n) is 21.8. The van der Waals surface area contributed by atoms with Crippen LogP contribution in [0, 0.1) is 19.8 Å². The quantitative estimate of drug-likeness (QED) is 0.274. The molecule has 0 radical (unpaired) electrons. The molecule has 0 amide bonds. The molecule has 1 fully saturated rings. The van der Waals surface area contributed by atoms with Crippen molar-refractivity contribution in [2.75, 3.05) is 23.7 Å². The first kappa shape index (κ1) is 25.3. The second kappa shape index (κ2) is 10.5. The molecule has 1 saturated heterocycles. The van der Waals surface area contributed by atoms with Gasteiger partial charge in [-0.15, -0.1) is 0 Å². The molecule has 1 aromatic carbocycles. The molecular formula is C27H33N7O2S. The summed E-state index contributed by atoms with van der Waals surface area (Å²) in [6.45, 7) is 6.22. The maximum Gasteiger partial charge on any atom is 0.332 e. The van der Waals surface area contributed by atoms with E-state index in [0.717, 1.165) is 59.4 Å². The number of aryl methyl sites for hydroxylation is 4. The summed E-state index contributed by atoms with van der Waals surface area (Å²) in [4.78, 5) is 42.0. The van der Waals surface area contributed by atoms with Gasteiger partial charge < -0.3 is 9.47 Å². The van der Waals surface area contributed by atoms with Gasteiger partial charge in [-0.25, -0.2) is 14.8 Å². The number of fused-ring (bicyclic) bond motifs is 1. The van der Waals surface area contributed by atoms with Gasteiger partial charge in [0.1, 0.15) is 0 Å². The zero-order chi connectivity index (χ0) is 26.1. The van der Waals surface area contributed by atoms with E-state index in [1.54, 1.807) is 18.8 Å². The number of rotatable bonds is 7. The molecule has 10 heteroatoms. The van der Waals surface area contributed by atoms with Crippen LogP contribution in [0.4, 0.5) is 5.95 Å². The Morgan fingerprint density at radius 3 is 2.30 bits per heavy atom. The number of piperidine rings is 1. The summed E-state index contributed by atoms with van der Waals surface area (Å²) in [7, 11) is 3.20. The molecular weight excluding hydrogens is 486 g/mol. The predicted molar refractivity (Wildman–Crippen MR) is 148 cm³/mol. The molecule has 4 aromatic rings. The minimum absolute atomic E-state index is 0.316. The first-order chi connectivity index (χ1) is 17.8. The van der Waals surface area contributed by atoms with Crippen molar-refractivity contribution in [1.29, 1.82) is 0 Å². The fraction of sp³-hybridized carbons (Fsp3) is 0.444. The van der Waals surface area contributed by atoms with Crippen LogP contribution < -0.4 is 16.1 Å². The Hall–Kier alpha value is -3.40. The second-order valence-electron chi connectivity index (χ2n) is 9.84. The van der Waals surface area contributed by atoms with E-state index in [-0.39, 0.29) is 11.2 Å². The fourth-order valence-corrected chi connectivity index (χ4v) is 6.03. The monoisotopic (exact) mass is 519 g/mol. The van der Waals surface area contributed by atoms with Gasteiger partial charge in [-0.3, -0.25) is 13.9 Å². The Kier molecular flexibility index (Phi) is 7.19. The molecule has 1 aliphatic rings. The molecule has 0 saturated carbocycles. The molecule has 5 rings (SSSR count). The van der Waals surface area contributed by atoms with E-state index in [1.165, 1.54) is 17.2 Å². The molecule has 0 unspecified atom stereocenters. The number of nitrogens with zero attached hydrogens (tertiary/aromatic N) is 7. The third kappa shape index (κ3) is 5.20. The van der Waals surface area contributed by atoms with E-state index in [1.807, 2.05) is 24.5 Å². The van der Waals surface area contributed by atoms with Crippen LogP contribution in [0.1, 0.15) is 29.8 Å². The van der Waals surface area contributed by atoms with Gasteiger partial charge >= 0.3 is 5.69 Å². The topological polar surface area (TPSA) is 90.8 Å². The summed E-state index contributed by atoms with van der Waals surface area (Å²) in [5.41, 5.74) is 3.46. The number of hydrogen-bond acceptors (Lipinski definition) is 7. The first-order valence-electron chi connectivity index (χ1n) is 12.7. The van der Waals surface area contributed by atoms with E-state index in [0.29, 0.717) is 29.4 Å². The van der Waals surface area contributed by atoms with Crippen LogP contribution in [-0.2, 0) is 27.1 Å². The highest BCUT2D eigenvalue weighted by Crippen LogP contribution is 2.28. The second-order valence-corrected chi connectivity index (χ2v) is 10.9. The average molecular weight is 520 g/mol. The van der Waals surface area contributed by atoms with Crippen LogP contribution >= 0.6 is 11.8 Å². The van der Waals surface area contributed by atoms with Crippen molar-refractivity contribution in [3.63, 3.8) is 0 Å². The summed E-state index contributed by atoms with van der Waals surface area (Å²) in [5.74, 6) is 2.05. The van der Waals surface area contributed by atoms with Gasteiger partial charge in [0.25, 0.3) is 5.56 Å².